The molecule has 0 heterocycles. The fourth-order valence-electron chi connectivity index (χ4n) is 1.03. The summed E-state index contributed by atoms with van der Waals surface area (Å²) in [6.07, 6.45) is 0.303. The lowest BCUT2D eigenvalue weighted by Crippen LogP contribution is -2.32. The molecule has 3 nitrogen and oxygen atoms in total. The van der Waals surface area contributed by atoms with Crippen molar-refractivity contribution in [3.8, 4) is 0 Å². The van der Waals surface area contributed by atoms with Crippen molar-refractivity contribution in [2.45, 2.75) is 12.5 Å². The van der Waals surface area contributed by atoms with Crippen molar-refractivity contribution in [2.24, 2.45) is 5.73 Å². The molecule has 0 spiro atoms. The predicted octanol–water partition coefficient (Wildman–Crippen LogP) is 2.17. The maximum atomic E-state index is 10.6. The number of carboxylic acid groups (broad SMARTS) is 1. The first kappa shape index (κ1) is 11.7. The van der Waals surface area contributed by atoms with Crippen molar-refractivity contribution < 1.29 is 9.90 Å². The highest BCUT2D eigenvalue weighted by Gasteiger charge is 2.15. The third-order valence-electron chi connectivity index (χ3n) is 1.80. The first-order valence-electron chi connectivity index (χ1n) is 3.93. The number of carbonyl (C=O) groups is 1. The van der Waals surface area contributed by atoms with Crippen molar-refractivity contribution in [3.05, 3.63) is 32.7 Å². The van der Waals surface area contributed by atoms with Gasteiger partial charge in [0.15, 0.2) is 0 Å². The molecule has 0 saturated heterocycles. The second-order valence-electron chi connectivity index (χ2n) is 2.85. The van der Waals surface area contributed by atoms with Crippen LogP contribution < -0.4 is 5.73 Å². The summed E-state index contributed by atoms with van der Waals surface area (Å²) in [5.74, 6) is -0.993. The van der Waals surface area contributed by atoms with Crippen molar-refractivity contribution >= 4 is 37.8 Å². The van der Waals surface area contributed by atoms with Crippen LogP contribution in [-0.2, 0) is 11.2 Å². The largest absolute Gasteiger partial charge is 0.480 e. The van der Waals surface area contributed by atoms with Crippen LogP contribution in [0, 0.1) is 0 Å². The number of aliphatic carboxylic acids is 1. The smallest absolute Gasteiger partial charge is 0.320 e. The summed E-state index contributed by atoms with van der Waals surface area (Å²) in [5, 5.41) is 8.67. The molecule has 1 rings (SSSR count). The summed E-state index contributed by atoms with van der Waals surface area (Å²) >= 11 is 6.69. The SMILES string of the molecule is NC(Cc1c(Br)cccc1Br)C(=O)O. The molecule has 14 heavy (non-hydrogen) atoms. The number of hydrogen-bond acceptors (Lipinski definition) is 2. The fraction of sp³-hybridized carbons (Fsp3) is 0.222. The van der Waals surface area contributed by atoms with Gasteiger partial charge < -0.3 is 10.8 Å². The highest BCUT2D eigenvalue weighted by Crippen LogP contribution is 2.26. The Morgan fingerprint density at radius 1 is 1.43 bits per heavy atom. The van der Waals surface area contributed by atoms with E-state index in [4.69, 9.17) is 10.8 Å². The molecule has 0 bridgehead atoms. The Bertz CT molecular complexity index is 334. The van der Waals surface area contributed by atoms with Crippen LogP contribution in [0.4, 0.5) is 0 Å². The van der Waals surface area contributed by atoms with Gasteiger partial charge in [-0.05, 0) is 17.7 Å². The molecule has 1 aromatic rings. The molecule has 0 radical (unpaired) electrons. The second kappa shape index (κ2) is 4.91. The second-order valence-corrected chi connectivity index (χ2v) is 4.56. The predicted molar refractivity (Wildman–Crippen MR) is 61.2 cm³/mol. The van der Waals surface area contributed by atoms with E-state index in [1.54, 1.807) is 0 Å². The molecule has 0 fully saturated rings. The standard InChI is InChI=1S/C9H9Br2NO2/c10-6-2-1-3-7(11)5(6)4-8(12)9(13)14/h1-3,8H,4,12H2,(H,13,14). The summed E-state index contributed by atoms with van der Waals surface area (Å²) in [4.78, 5) is 10.6. The molecule has 5 heteroatoms. The van der Waals surface area contributed by atoms with Crippen LogP contribution in [0.1, 0.15) is 5.56 Å². The Balaban J connectivity index is 2.91. The number of nitrogens with two attached hydrogens (primary N) is 1. The summed E-state index contributed by atoms with van der Waals surface area (Å²) in [6.45, 7) is 0. The molecule has 0 amide bonds. The summed E-state index contributed by atoms with van der Waals surface area (Å²) in [6, 6.07) is 4.71. The average Bonchev–Trinajstić information content (AvgIpc) is 2.11. The van der Waals surface area contributed by atoms with Gasteiger partial charge in [-0.3, -0.25) is 4.79 Å². The number of rotatable bonds is 3. The number of carboxylic acids is 1. The molecule has 0 aliphatic heterocycles. The van der Waals surface area contributed by atoms with E-state index in [1.807, 2.05) is 18.2 Å². The van der Waals surface area contributed by atoms with Crippen LogP contribution in [-0.4, -0.2) is 17.1 Å². The fourth-order valence-corrected chi connectivity index (χ4v) is 2.36. The van der Waals surface area contributed by atoms with Gasteiger partial charge in [0.2, 0.25) is 0 Å². The Morgan fingerprint density at radius 3 is 2.36 bits per heavy atom. The molecule has 1 unspecified atom stereocenters. The van der Waals surface area contributed by atoms with E-state index >= 15 is 0 Å². The summed E-state index contributed by atoms with van der Waals surface area (Å²) < 4.78 is 1.73. The van der Waals surface area contributed by atoms with Crippen LogP contribution >= 0.6 is 31.9 Å². The molecular formula is C9H9Br2NO2. The van der Waals surface area contributed by atoms with Crippen LogP contribution in [0.2, 0.25) is 0 Å². The van der Waals surface area contributed by atoms with Crippen molar-refractivity contribution in [1.29, 1.82) is 0 Å². The number of halogens is 2. The van der Waals surface area contributed by atoms with Gasteiger partial charge in [-0.1, -0.05) is 37.9 Å². The monoisotopic (exact) mass is 321 g/mol. The van der Waals surface area contributed by atoms with Gasteiger partial charge >= 0.3 is 5.97 Å². The molecule has 76 valence electrons. The Morgan fingerprint density at radius 2 is 1.93 bits per heavy atom. The molecular weight excluding hydrogens is 314 g/mol. The molecule has 0 aromatic heterocycles. The zero-order valence-electron chi connectivity index (χ0n) is 7.21. The van der Waals surface area contributed by atoms with E-state index in [2.05, 4.69) is 31.9 Å². The van der Waals surface area contributed by atoms with Gasteiger partial charge in [0.25, 0.3) is 0 Å². The maximum absolute atomic E-state index is 10.6. The van der Waals surface area contributed by atoms with Gasteiger partial charge in [-0.15, -0.1) is 0 Å². The highest BCUT2D eigenvalue weighted by molar-refractivity contribution is 9.11. The summed E-state index contributed by atoms with van der Waals surface area (Å²) in [5.41, 5.74) is 6.32. The Hall–Kier alpha value is -0.390. The topological polar surface area (TPSA) is 63.3 Å². The molecule has 0 aliphatic carbocycles. The van der Waals surface area contributed by atoms with Crippen LogP contribution in [0.15, 0.2) is 27.1 Å². The van der Waals surface area contributed by atoms with Gasteiger partial charge in [-0.2, -0.15) is 0 Å². The average molecular weight is 323 g/mol. The van der Waals surface area contributed by atoms with Gasteiger partial charge in [-0.25, -0.2) is 0 Å². The lowest BCUT2D eigenvalue weighted by Gasteiger charge is -2.10. The zero-order valence-corrected chi connectivity index (χ0v) is 10.4. The summed E-state index contributed by atoms with van der Waals surface area (Å²) in [7, 11) is 0. The van der Waals surface area contributed by atoms with E-state index in [1.165, 1.54) is 0 Å². The van der Waals surface area contributed by atoms with Crippen LogP contribution in [0.25, 0.3) is 0 Å². The quantitative estimate of drug-likeness (QED) is 0.896. The van der Waals surface area contributed by atoms with Crippen LogP contribution in [0.3, 0.4) is 0 Å². The molecule has 1 aromatic carbocycles. The lowest BCUT2D eigenvalue weighted by molar-refractivity contribution is -0.138. The van der Waals surface area contributed by atoms with Gasteiger partial charge in [0.1, 0.15) is 6.04 Å². The molecule has 0 saturated carbocycles. The number of benzene rings is 1. The lowest BCUT2D eigenvalue weighted by atomic mass is 10.1. The van der Waals surface area contributed by atoms with E-state index in [0.717, 1.165) is 14.5 Å². The van der Waals surface area contributed by atoms with E-state index in [-0.39, 0.29) is 0 Å². The van der Waals surface area contributed by atoms with Crippen LogP contribution in [0.5, 0.6) is 0 Å². The number of hydrogen-bond donors (Lipinski definition) is 2. The van der Waals surface area contributed by atoms with Crippen molar-refractivity contribution in [2.75, 3.05) is 0 Å². The first-order chi connectivity index (χ1) is 6.52. The minimum absolute atomic E-state index is 0.303. The van der Waals surface area contributed by atoms with Crippen molar-refractivity contribution in [3.63, 3.8) is 0 Å². The normalized spacial score (nSPS) is 12.5. The molecule has 1 atom stereocenters. The van der Waals surface area contributed by atoms with E-state index in [9.17, 15) is 4.79 Å². The van der Waals surface area contributed by atoms with E-state index in [0.29, 0.717) is 6.42 Å². The zero-order chi connectivity index (χ0) is 10.7. The first-order valence-corrected chi connectivity index (χ1v) is 5.52. The Labute approximate surface area is 98.6 Å². The van der Waals surface area contributed by atoms with Crippen molar-refractivity contribution in [1.82, 2.24) is 0 Å². The minimum atomic E-state index is -0.993. The highest BCUT2D eigenvalue weighted by atomic mass is 79.9. The van der Waals surface area contributed by atoms with Gasteiger partial charge in [0, 0.05) is 15.4 Å². The minimum Gasteiger partial charge on any atom is -0.480 e. The molecule has 0 aliphatic rings. The third-order valence-corrected chi connectivity index (χ3v) is 3.29. The third kappa shape index (κ3) is 2.80. The molecule has 3 N–H and O–H groups in total. The Kier molecular flexibility index (Phi) is 4.10. The van der Waals surface area contributed by atoms with Gasteiger partial charge in [0.05, 0.1) is 0 Å². The maximum Gasteiger partial charge on any atom is 0.320 e. The van der Waals surface area contributed by atoms with E-state index < -0.39 is 12.0 Å².